The number of methoxy groups -OCH3 is 1. The number of amides is 1. The number of hydrogen-bond donors (Lipinski definition) is 3. The molecule has 13 heteroatoms. The van der Waals surface area contributed by atoms with Crippen LogP contribution in [0.25, 0.3) is 5.65 Å². The maximum absolute atomic E-state index is 14.7. The molecule has 0 spiro atoms. The summed E-state index contributed by atoms with van der Waals surface area (Å²) in [5.74, 6) is 4.57. The number of carbonyl (C=O) groups excluding carboxylic acids is 1. The number of likely N-dealkylation sites (tertiary alicyclic amines) is 1. The zero-order valence-corrected chi connectivity index (χ0v) is 22.1. The zero-order chi connectivity index (χ0) is 29.0. The molecule has 1 aliphatic heterocycles. The number of anilines is 2. The lowest BCUT2D eigenvalue weighted by Crippen LogP contribution is -2.46. The van der Waals surface area contributed by atoms with Gasteiger partial charge in [0.15, 0.2) is 5.65 Å². The van der Waals surface area contributed by atoms with E-state index in [4.69, 9.17) is 4.74 Å². The molecule has 3 heterocycles. The number of halogens is 5. The van der Waals surface area contributed by atoms with Crippen molar-refractivity contribution in [3.05, 3.63) is 53.2 Å². The van der Waals surface area contributed by atoms with E-state index in [0.717, 1.165) is 16.7 Å². The molecule has 4 rings (SSSR count). The Labute approximate surface area is 227 Å². The molecule has 0 aliphatic carbocycles. The van der Waals surface area contributed by atoms with Gasteiger partial charge in [-0.15, -0.1) is 0 Å². The first-order valence-corrected chi connectivity index (χ1v) is 12.5. The minimum absolute atomic E-state index is 0.00988. The van der Waals surface area contributed by atoms with Crippen molar-refractivity contribution in [2.45, 2.75) is 31.2 Å². The first-order valence-electron chi connectivity index (χ1n) is 12.5. The number of benzene rings is 1. The van der Waals surface area contributed by atoms with Gasteiger partial charge in [-0.05, 0) is 31.5 Å². The van der Waals surface area contributed by atoms with Crippen LogP contribution in [0.3, 0.4) is 0 Å². The van der Waals surface area contributed by atoms with E-state index in [9.17, 15) is 26.7 Å². The molecule has 1 saturated heterocycles. The molecule has 0 bridgehead atoms. The van der Waals surface area contributed by atoms with E-state index in [0.29, 0.717) is 30.0 Å². The Bertz CT molecular complexity index is 1450. The van der Waals surface area contributed by atoms with E-state index in [1.54, 1.807) is 25.2 Å². The molecular formula is C27H29F5N6O2. The standard InChI is InChI=1S/C27H29F5N6O2/c1-33-26(39)17-6-4-8-23(40-3)24(17)34-10-5-7-20-22(13-27(30,31)32)38-14-16(28)12-21(25(38)36-20)35-19-9-11-37(2)15-18(19)29/h4,6,8,12,14,18-19,34-35H,9-11,13,15H2,1-3H3,(H,33,39)/t18-,19+/m0/s1. The van der Waals surface area contributed by atoms with Gasteiger partial charge in [0.1, 0.15) is 23.4 Å². The molecule has 1 aliphatic rings. The van der Waals surface area contributed by atoms with Crippen molar-refractivity contribution in [3.8, 4) is 17.6 Å². The summed E-state index contributed by atoms with van der Waals surface area (Å²) in [6.45, 7) is 0.714. The Hall–Kier alpha value is -4.05. The Morgan fingerprint density at radius 2 is 2.08 bits per heavy atom. The molecule has 0 radical (unpaired) electrons. The second-order valence-corrected chi connectivity index (χ2v) is 9.40. The number of para-hydroxylation sites is 1. The molecule has 2 atom stereocenters. The van der Waals surface area contributed by atoms with Crippen molar-refractivity contribution >= 4 is 22.9 Å². The Morgan fingerprint density at radius 1 is 1.30 bits per heavy atom. The van der Waals surface area contributed by atoms with Gasteiger partial charge in [-0.1, -0.05) is 12.0 Å². The number of nitrogens with zero attached hydrogens (tertiary/aromatic N) is 3. The van der Waals surface area contributed by atoms with Crippen LogP contribution < -0.4 is 20.7 Å². The summed E-state index contributed by atoms with van der Waals surface area (Å²) in [5.41, 5.74) is 0.198. The number of ether oxygens (including phenoxy) is 1. The van der Waals surface area contributed by atoms with Crippen LogP contribution >= 0.6 is 0 Å². The van der Waals surface area contributed by atoms with E-state index < -0.39 is 30.6 Å². The van der Waals surface area contributed by atoms with Gasteiger partial charge >= 0.3 is 6.18 Å². The number of rotatable bonds is 7. The highest BCUT2D eigenvalue weighted by atomic mass is 19.4. The number of pyridine rings is 1. The summed E-state index contributed by atoms with van der Waals surface area (Å²) in [6, 6.07) is 5.29. The summed E-state index contributed by atoms with van der Waals surface area (Å²) in [7, 11) is 4.69. The van der Waals surface area contributed by atoms with E-state index in [-0.39, 0.29) is 41.7 Å². The number of nitrogens with one attached hydrogen (secondary N) is 3. The number of hydrogen-bond acceptors (Lipinski definition) is 6. The van der Waals surface area contributed by atoms with Gasteiger partial charge in [-0.2, -0.15) is 13.2 Å². The summed E-state index contributed by atoms with van der Waals surface area (Å²) >= 11 is 0. The third kappa shape index (κ3) is 6.56. The van der Waals surface area contributed by atoms with Gasteiger partial charge in [-0.25, -0.2) is 13.8 Å². The smallest absolute Gasteiger partial charge is 0.394 e. The number of piperidine rings is 1. The topological polar surface area (TPSA) is 82.9 Å². The van der Waals surface area contributed by atoms with Crippen LogP contribution in [-0.2, 0) is 6.42 Å². The van der Waals surface area contributed by atoms with E-state index >= 15 is 0 Å². The van der Waals surface area contributed by atoms with Crippen molar-refractivity contribution in [3.63, 3.8) is 0 Å². The fraction of sp³-hybridized carbons (Fsp3) is 0.407. The molecule has 214 valence electrons. The van der Waals surface area contributed by atoms with Crippen molar-refractivity contribution in [2.75, 3.05) is 51.5 Å². The third-order valence-corrected chi connectivity index (χ3v) is 6.52. The predicted octanol–water partition coefficient (Wildman–Crippen LogP) is 3.86. The fourth-order valence-corrected chi connectivity index (χ4v) is 4.61. The molecule has 1 aromatic carbocycles. The second-order valence-electron chi connectivity index (χ2n) is 9.40. The van der Waals surface area contributed by atoms with Crippen LogP contribution in [0.1, 0.15) is 28.2 Å². The Morgan fingerprint density at radius 3 is 2.75 bits per heavy atom. The van der Waals surface area contributed by atoms with Crippen molar-refractivity contribution in [2.24, 2.45) is 0 Å². The molecule has 1 amide bonds. The van der Waals surface area contributed by atoms with E-state index in [1.807, 2.05) is 4.90 Å². The van der Waals surface area contributed by atoms with Crippen molar-refractivity contribution in [1.29, 1.82) is 0 Å². The van der Waals surface area contributed by atoms with Gasteiger partial charge in [-0.3, -0.25) is 9.20 Å². The normalized spacial score (nSPS) is 17.7. The zero-order valence-electron chi connectivity index (χ0n) is 22.1. The lowest BCUT2D eigenvalue weighted by atomic mass is 10.0. The van der Waals surface area contributed by atoms with Crippen LogP contribution in [0, 0.1) is 17.7 Å². The lowest BCUT2D eigenvalue weighted by Gasteiger charge is -2.33. The number of aromatic nitrogens is 2. The average Bonchev–Trinajstić information content (AvgIpc) is 3.23. The van der Waals surface area contributed by atoms with Crippen LogP contribution in [0.5, 0.6) is 5.75 Å². The van der Waals surface area contributed by atoms with Gasteiger partial charge in [0.05, 0.1) is 48.7 Å². The number of carbonyl (C=O) groups is 1. The van der Waals surface area contributed by atoms with E-state index in [2.05, 4.69) is 32.8 Å². The molecule has 0 unspecified atom stereocenters. The van der Waals surface area contributed by atoms with Crippen LogP contribution in [0.15, 0.2) is 30.5 Å². The highest BCUT2D eigenvalue weighted by molar-refractivity contribution is 6.00. The molecule has 0 saturated carbocycles. The first kappa shape index (κ1) is 28.9. The van der Waals surface area contributed by atoms with Gasteiger partial charge < -0.3 is 25.6 Å². The predicted molar refractivity (Wildman–Crippen MR) is 141 cm³/mol. The first-order chi connectivity index (χ1) is 19.0. The summed E-state index contributed by atoms with van der Waals surface area (Å²) in [6.07, 6.45) is -5.95. The minimum Gasteiger partial charge on any atom is -0.495 e. The largest absolute Gasteiger partial charge is 0.495 e. The minimum atomic E-state index is -4.62. The summed E-state index contributed by atoms with van der Waals surface area (Å²) in [4.78, 5) is 18.4. The number of imidazole rings is 1. The molecule has 1 fully saturated rings. The second kappa shape index (κ2) is 12.0. The number of alkyl halides is 4. The molecule has 3 aromatic rings. The monoisotopic (exact) mass is 564 g/mol. The molecular weight excluding hydrogens is 535 g/mol. The fourth-order valence-electron chi connectivity index (χ4n) is 4.61. The highest BCUT2D eigenvalue weighted by Gasteiger charge is 2.33. The van der Waals surface area contributed by atoms with Gasteiger partial charge in [0, 0.05) is 32.4 Å². The van der Waals surface area contributed by atoms with Crippen molar-refractivity contribution in [1.82, 2.24) is 19.6 Å². The number of fused-ring (bicyclic) bond motifs is 1. The lowest BCUT2D eigenvalue weighted by molar-refractivity contribution is -0.128. The maximum Gasteiger partial charge on any atom is 0.394 e. The molecule has 2 aromatic heterocycles. The van der Waals surface area contributed by atoms with Crippen molar-refractivity contribution < 1.29 is 31.5 Å². The molecule has 3 N–H and O–H groups in total. The van der Waals surface area contributed by atoms with Crippen LogP contribution in [0.4, 0.5) is 33.3 Å². The molecule has 8 nitrogen and oxygen atoms in total. The van der Waals surface area contributed by atoms with Gasteiger partial charge in [0.2, 0.25) is 0 Å². The van der Waals surface area contributed by atoms with E-state index in [1.165, 1.54) is 14.2 Å². The SMILES string of the molecule is CNC(=O)c1cccc(OC)c1NCC#Cc1nc2c(N[C@@H]3CCN(C)C[C@@H]3F)cc(F)cn2c1CC(F)(F)F. The third-order valence-electron chi connectivity index (χ3n) is 6.52. The highest BCUT2D eigenvalue weighted by Crippen LogP contribution is 2.30. The van der Waals surface area contributed by atoms with Crippen LogP contribution in [0.2, 0.25) is 0 Å². The van der Waals surface area contributed by atoms with Crippen LogP contribution in [-0.4, -0.2) is 79.4 Å². The van der Waals surface area contributed by atoms with Gasteiger partial charge in [0.25, 0.3) is 5.91 Å². The maximum atomic E-state index is 14.7. The Kier molecular flexibility index (Phi) is 8.68. The average molecular weight is 565 g/mol. The summed E-state index contributed by atoms with van der Waals surface area (Å²) < 4.78 is 76.1. The molecule has 40 heavy (non-hydrogen) atoms. The quantitative estimate of drug-likeness (QED) is 0.299. The summed E-state index contributed by atoms with van der Waals surface area (Å²) in [5, 5.41) is 8.44. The Balaban J connectivity index is 1.68.